The number of aliphatic hydroxyl groups is 1. The summed E-state index contributed by atoms with van der Waals surface area (Å²) in [6, 6.07) is 0. The Labute approximate surface area is 177 Å². The number of hydrogen-bond donors (Lipinski definition) is 1. The van der Waals surface area contributed by atoms with Gasteiger partial charge in [0.2, 0.25) is 5.75 Å². The number of carbonyl (C=O) groups is 1. The van der Waals surface area contributed by atoms with E-state index in [1.807, 2.05) is 44.1 Å². The number of hydrogen-bond acceptors (Lipinski definition) is 7. The highest BCUT2D eigenvalue weighted by Crippen LogP contribution is 2.28. The van der Waals surface area contributed by atoms with Gasteiger partial charge in [0.05, 0.1) is 18.5 Å². The van der Waals surface area contributed by atoms with Crippen LogP contribution in [0.3, 0.4) is 0 Å². The van der Waals surface area contributed by atoms with Crippen LogP contribution in [-0.4, -0.2) is 62.6 Å². The Hall–Kier alpha value is -3.13. The van der Waals surface area contributed by atoms with Crippen LogP contribution >= 0.6 is 0 Å². The highest BCUT2D eigenvalue weighted by molar-refractivity contribution is 5.88. The first-order chi connectivity index (χ1) is 14.3. The lowest BCUT2D eigenvalue weighted by Gasteiger charge is -2.19. The zero-order valence-electron chi connectivity index (χ0n) is 18.1. The van der Waals surface area contributed by atoms with Crippen molar-refractivity contribution in [2.24, 2.45) is 4.99 Å². The monoisotopic (exact) mass is 412 g/mol. The van der Waals surface area contributed by atoms with Crippen LogP contribution in [0.1, 0.15) is 40.0 Å². The van der Waals surface area contributed by atoms with E-state index in [4.69, 9.17) is 4.74 Å². The molecule has 0 aromatic carbocycles. The molecule has 30 heavy (non-hydrogen) atoms. The molecule has 8 nitrogen and oxygen atoms in total. The summed E-state index contributed by atoms with van der Waals surface area (Å²) >= 11 is 0. The first-order valence-corrected chi connectivity index (χ1v) is 9.87. The number of carbonyl (C=O) groups excluding carboxylic acids is 1. The second-order valence-electron chi connectivity index (χ2n) is 7.02. The molecule has 0 spiro atoms. The van der Waals surface area contributed by atoms with Crippen molar-refractivity contribution in [3.8, 4) is 5.75 Å². The van der Waals surface area contributed by atoms with Crippen molar-refractivity contribution in [3.63, 3.8) is 0 Å². The van der Waals surface area contributed by atoms with E-state index in [2.05, 4.69) is 21.5 Å². The van der Waals surface area contributed by atoms with Crippen molar-refractivity contribution < 1.29 is 19.2 Å². The molecule has 1 aliphatic heterocycles. The van der Waals surface area contributed by atoms with Crippen LogP contribution in [0.4, 0.5) is 11.8 Å². The number of aliphatic imine (C=N–C) groups is 1. The third kappa shape index (κ3) is 6.45. The molecule has 0 saturated heterocycles. The summed E-state index contributed by atoms with van der Waals surface area (Å²) in [6.45, 7) is 9.33. The zero-order chi connectivity index (χ0) is 22.1. The average molecular weight is 413 g/mol. The zero-order valence-corrected chi connectivity index (χ0v) is 18.1. The van der Waals surface area contributed by atoms with Crippen molar-refractivity contribution in [2.75, 3.05) is 20.3 Å². The van der Waals surface area contributed by atoms with Crippen LogP contribution in [0.25, 0.3) is 0 Å². The second kappa shape index (κ2) is 11.2. The minimum atomic E-state index is -0.179. The van der Waals surface area contributed by atoms with Crippen molar-refractivity contribution in [2.45, 2.75) is 40.0 Å². The second-order valence-corrected chi connectivity index (χ2v) is 7.02. The Bertz CT molecular complexity index is 915. The maximum Gasteiger partial charge on any atom is 0.442 e. The first kappa shape index (κ1) is 23.2. The summed E-state index contributed by atoms with van der Waals surface area (Å²) in [5.74, 6) is 0.710. The van der Waals surface area contributed by atoms with Gasteiger partial charge in [0.25, 0.3) is 11.7 Å². The quantitative estimate of drug-likeness (QED) is 0.546. The summed E-state index contributed by atoms with van der Waals surface area (Å²) < 4.78 is 7.41. The predicted octanol–water partition coefficient (Wildman–Crippen LogP) is 3.29. The minimum Gasteiger partial charge on any atom is -0.479 e. The van der Waals surface area contributed by atoms with Gasteiger partial charge in [-0.3, -0.25) is 4.79 Å². The van der Waals surface area contributed by atoms with Gasteiger partial charge in [0, 0.05) is 19.7 Å². The molecule has 2 rings (SSSR count). The molecule has 0 aliphatic carbocycles. The number of rotatable bonds is 7. The summed E-state index contributed by atoms with van der Waals surface area (Å²) in [5.41, 5.74) is 2.40. The van der Waals surface area contributed by atoms with Gasteiger partial charge in [-0.25, -0.2) is 4.99 Å². The van der Waals surface area contributed by atoms with Crippen LogP contribution in [0.5, 0.6) is 5.75 Å². The van der Waals surface area contributed by atoms with Crippen LogP contribution < -0.4 is 4.74 Å². The van der Waals surface area contributed by atoms with Crippen molar-refractivity contribution in [1.82, 2.24) is 14.9 Å². The maximum absolute atomic E-state index is 12.0. The molecule has 160 valence electrons. The summed E-state index contributed by atoms with van der Waals surface area (Å²) in [7, 11) is 1.92. The van der Waals surface area contributed by atoms with Crippen molar-refractivity contribution >= 4 is 29.6 Å². The molecule has 0 atom stereocenters. The Balaban J connectivity index is 2.43. The van der Waals surface area contributed by atoms with Crippen LogP contribution in [-0.2, 0) is 4.79 Å². The number of aliphatic hydroxyl groups excluding tert-OH is 1. The molecule has 0 unspecified atom stereocenters. The molecule has 0 radical (unpaired) electrons. The standard InChI is InChI=1S/C22H30N5O3/c1-6-10-26(5)19(12-16(2)3)15-30-20-13-23-22-25-21(20)24-18(14-28)9-7-8-11-27(22)17(4)29/h6,10-13,28H,2,7-9,14-15H2,1,3-5H3/q+1. The molecule has 2 bridgehead atoms. The van der Waals surface area contributed by atoms with E-state index in [9.17, 15) is 9.90 Å². The van der Waals surface area contributed by atoms with Gasteiger partial charge in [0.15, 0.2) is 6.20 Å². The molecule has 1 amide bonds. The number of fused-ring (bicyclic) bond motifs is 2. The van der Waals surface area contributed by atoms with Gasteiger partial charge in [-0.05, 0) is 50.4 Å². The fourth-order valence-corrected chi connectivity index (χ4v) is 2.85. The van der Waals surface area contributed by atoms with E-state index in [-0.39, 0.29) is 30.9 Å². The van der Waals surface area contributed by atoms with E-state index in [1.54, 1.807) is 6.21 Å². The van der Waals surface area contributed by atoms with Gasteiger partial charge in [-0.15, -0.1) is 0 Å². The van der Waals surface area contributed by atoms with Crippen LogP contribution in [0.15, 0.2) is 47.4 Å². The normalized spacial score (nSPS) is 14.8. The Kier molecular flexibility index (Phi) is 8.61. The molecule has 0 saturated carbocycles. The number of amides is 1. The smallest absolute Gasteiger partial charge is 0.442 e. The van der Waals surface area contributed by atoms with Crippen molar-refractivity contribution in [3.05, 3.63) is 42.4 Å². The summed E-state index contributed by atoms with van der Waals surface area (Å²) in [6.07, 6.45) is 11.1. The van der Waals surface area contributed by atoms with Gasteiger partial charge in [0.1, 0.15) is 6.61 Å². The maximum atomic E-state index is 12.0. The molecule has 1 aromatic heterocycles. The third-order valence-corrected chi connectivity index (χ3v) is 4.32. The number of ether oxygens (including phenoxy) is 1. The minimum absolute atomic E-state index is 0.167. The molecule has 8 heteroatoms. The lowest BCUT2D eigenvalue weighted by molar-refractivity contribution is -0.369. The largest absolute Gasteiger partial charge is 0.479 e. The van der Waals surface area contributed by atoms with Crippen LogP contribution in [0.2, 0.25) is 0 Å². The van der Waals surface area contributed by atoms with Gasteiger partial charge >= 0.3 is 5.95 Å². The van der Waals surface area contributed by atoms with Gasteiger partial charge in [-0.1, -0.05) is 23.2 Å². The molecule has 0 fully saturated rings. The number of nitrogens with zero attached hydrogens (tertiary/aromatic N) is 5. The van der Waals surface area contributed by atoms with Gasteiger partial charge in [-0.2, -0.15) is 4.58 Å². The van der Waals surface area contributed by atoms with E-state index in [1.165, 1.54) is 17.7 Å². The molecule has 1 N–H and O–H groups in total. The van der Waals surface area contributed by atoms with Gasteiger partial charge < -0.3 is 14.7 Å². The molecule has 1 aliphatic rings. The lowest BCUT2D eigenvalue weighted by atomic mass is 10.2. The molecular formula is C22H30N5O3+. The van der Waals surface area contributed by atoms with E-state index >= 15 is 0 Å². The van der Waals surface area contributed by atoms with E-state index < -0.39 is 0 Å². The summed E-state index contributed by atoms with van der Waals surface area (Å²) in [4.78, 5) is 27.2. The van der Waals surface area contributed by atoms with Crippen molar-refractivity contribution in [1.29, 1.82) is 0 Å². The van der Waals surface area contributed by atoms with Crippen LogP contribution in [0, 0.1) is 0 Å². The predicted molar refractivity (Wildman–Crippen MR) is 118 cm³/mol. The fourth-order valence-electron chi connectivity index (χ4n) is 2.85. The first-order valence-electron chi connectivity index (χ1n) is 9.87. The van der Waals surface area contributed by atoms with E-state index in [0.29, 0.717) is 24.3 Å². The average Bonchev–Trinajstić information content (AvgIpc) is 2.70. The highest BCUT2D eigenvalue weighted by atomic mass is 16.5. The topological polar surface area (TPSA) is 90.9 Å². The third-order valence-electron chi connectivity index (χ3n) is 4.32. The number of allylic oxidation sites excluding steroid dienone is 3. The summed E-state index contributed by atoms with van der Waals surface area (Å²) in [5, 5.41) is 9.66. The SMILES string of the molecule is C=C(C)C=C(COc1cnc2nc1N=C(CO)CCCC=[N+]2C(C)=O)N(C)C=CC. The number of aromatic nitrogens is 2. The molecule has 1 aromatic rings. The Morgan fingerprint density at radius 2 is 2.20 bits per heavy atom. The fraction of sp³-hybridized carbons (Fsp3) is 0.409. The van der Waals surface area contributed by atoms with E-state index in [0.717, 1.165) is 17.7 Å². The highest BCUT2D eigenvalue weighted by Gasteiger charge is 2.23. The lowest BCUT2D eigenvalue weighted by Crippen LogP contribution is -2.19. The Morgan fingerprint density at radius 1 is 1.43 bits per heavy atom. The number of likely N-dealkylation sites (N-methyl/N-ethyl adjacent to an activating group) is 1. The molecular weight excluding hydrogens is 382 g/mol. The Morgan fingerprint density at radius 3 is 2.83 bits per heavy atom. The molecule has 2 heterocycles.